The second-order valence-electron chi connectivity index (χ2n) is 5.80. The number of aromatic nitrogens is 2. The van der Waals surface area contributed by atoms with E-state index in [1.807, 2.05) is 18.0 Å². The Balaban J connectivity index is 1.76. The molecule has 0 unspecified atom stereocenters. The van der Waals surface area contributed by atoms with Gasteiger partial charge in [-0.3, -0.25) is 19.2 Å². The number of aliphatic carboxylic acids is 2. The van der Waals surface area contributed by atoms with Crippen molar-refractivity contribution in [2.75, 3.05) is 13.1 Å². The van der Waals surface area contributed by atoms with Gasteiger partial charge in [-0.25, -0.2) is 0 Å². The molecule has 7 nitrogen and oxygen atoms in total. The molecule has 2 heterocycles. The van der Waals surface area contributed by atoms with Gasteiger partial charge in [-0.1, -0.05) is 0 Å². The minimum atomic E-state index is -1.10. The summed E-state index contributed by atoms with van der Waals surface area (Å²) in [5, 5.41) is 22.9. The first-order valence-electron chi connectivity index (χ1n) is 6.64. The Morgan fingerprint density at radius 1 is 1.30 bits per heavy atom. The number of carboxylic acids is 2. The van der Waals surface area contributed by atoms with Gasteiger partial charge in [0, 0.05) is 37.9 Å². The molecule has 3 rings (SSSR count). The molecule has 20 heavy (non-hydrogen) atoms. The molecule has 1 aliphatic heterocycles. The first-order chi connectivity index (χ1) is 9.43. The summed E-state index contributed by atoms with van der Waals surface area (Å²) < 4.78 is 1.80. The quantitative estimate of drug-likeness (QED) is 0.803. The first-order valence-corrected chi connectivity index (χ1v) is 6.64. The minimum Gasteiger partial charge on any atom is -0.481 e. The maximum Gasteiger partial charge on any atom is 0.312 e. The number of carboxylic acid groups (broad SMARTS) is 2. The van der Waals surface area contributed by atoms with Crippen molar-refractivity contribution in [2.24, 2.45) is 10.8 Å². The zero-order valence-electron chi connectivity index (χ0n) is 11.2. The fourth-order valence-electron chi connectivity index (χ4n) is 3.43. The van der Waals surface area contributed by atoms with Crippen molar-refractivity contribution in [3.63, 3.8) is 0 Å². The molecule has 0 aromatic carbocycles. The summed E-state index contributed by atoms with van der Waals surface area (Å²) in [5.74, 6) is -1.99. The van der Waals surface area contributed by atoms with Crippen LogP contribution in [-0.2, 0) is 22.7 Å². The normalized spacial score (nSPS) is 32.0. The van der Waals surface area contributed by atoms with E-state index in [-0.39, 0.29) is 6.42 Å². The molecule has 1 saturated carbocycles. The number of hydrogen-bond donors (Lipinski definition) is 2. The molecule has 0 bridgehead atoms. The van der Waals surface area contributed by atoms with Crippen LogP contribution >= 0.6 is 0 Å². The summed E-state index contributed by atoms with van der Waals surface area (Å²) in [6.07, 6.45) is 3.90. The summed E-state index contributed by atoms with van der Waals surface area (Å²) in [5.41, 5.74) is -1.21. The second-order valence-corrected chi connectivity index (χ2v) is 5.80. The third-order valence-corrected chi connectivity index (χ3v) is 4.62. The molecular weight excluding hydrogens is 262 g/mol. The standard InChI is InChI=1S/C13H17N3O4/c1-2-16-5-9(3-14-16)4-15-7-12(10(17)18)6-13(12,8-15)11(19)20/h3,5H,2,4,6-8H2,1H3,(H,17,18)(H,19,20)/t12-,13+. The number of aryl methyl sites for hydroxylation is 1. The lowest BCUT2D eigenvalue weighted by Crippen LogP contribution is -2.28. The van der Waals surface area contributed by atoms with Crippen LogP contribution in [0.3, 0.4) is 0 Å². The van der Waals surface area contributed by atoms with Gasteiger partial charge in [0.15, 0.2) is 0 Å². The second kappa shape index (κ2) is 4.05. The summed E-state index contributed by atoms with van der Waals surface area (Å²) in [6, 6.07) is 0. The summed E-state index contributed by atoms with van der Waals surface area (Å²) in [4.78, 5) is 24.7. The van der Waals surface area contributed by atoms with Gasteiger partial charge >= 0.3 is 11.9 Å². The average molecular weight is 279 g/mol. The highest BCUT2D eigenvalue weighted by Gasteiger charge is 2.80. The molecule has 2 fully saturated rings. The van der Waals surface area contributed by atoms with Crippen LogP contribution < -0.4 is 0 Å². The van der Waals surface area contributed by atoms with E-state index in [4.69, 9.17) is 0 Å². The lowest BCUT2D eigenvalue weighted by atomic mass is 9.97. The van der Waals surface area contributed by atoms with Crippen LogP contribution in [0.15, 0.2) is 12.4 Å². The predicted octanol–water partition coefficient (Wildman–Crippen LogP) is 0.264. The molecule has 2 atom stereocenters. The summed E-state index contributed by atoms with van der Waals surface area (Å²) >= 11 is 0. The van der Waals surface area contributed by atoms with Crippen LogP contribution in [0.5, 0.6) is 0 Å². The van der Waals surface area contributed by atoms with Gasteiger partial charge in [0.2, 0.25) is 0 Å². The molecule has 1 aliphatic carbocycles. The van der Waals surface area contributed by atoms with Gasteiger partial charge in [-0.2, -0.15) is 5.10 Å². The number of carbonyl (C=O) groups is 2. The Hall–Kier alpha value is -1.89. The van der Waals surface area contributed by atoms with Gasteiger partial charge < -0.3 is 10.2 Å². The molecular formula is C13H17N3O4. The van der Waals surface area contributed by atoms with Crippen molar-refractivity contribution >= 4 is 11.9 Å². The highest BCUT2D eigenvalue weighted by atomic mass is 16.4. The van der Waals surface area contributed by atoms with Crippen LogP contribution in [0.1, 0.15) is 18.9 Å². The van der Waals surface area contributed by atoms with Crippen molar-refractivity contribution in [2.45, 2.75) is 26.4 Å². The Morgan fingerprint density at radius 2 is 1.90 bits per heavy atom. The van der Waals surface area contributed by atoms with E-state index in [2.05, 4.69) is 5.10 Å². The van der Waals surface area contributed by atoms with E-state index in [9.17, 15) is 19.8 Å². The fraction of sp³-hybridized carbons (Fsp3) is 0.615. The van der Waals surface area contributed by atoms with Crippen LogP contribution in [0.2, 0.25) is 0 Å². The molecule has 7 heteroatoms. The fourth-order valence-corrected chi connectivity index (χ4v) is 3.43. The van der Waals surface area contributed by atoms with Crippen molar-refractivity contribution in [3.8, 4) is 0 Å². The van der Waals surface area contributed by atoms with Crippen LogP contribution in [-0.4, -0.2) is 49.9 Å². The van der Waals surface area contributed by atoms with Crippen molar-refractivity contribution in [3.05, 3.63) is 18.0 Å². The van der Waals surface area contributed by atoms with Crippen molar-refractivity contribution in [1.29, 1.82) is 0 Å². The van der Waals surface area contributed by atoms with Crippen LogP contribution in [0.4, 0.5) is 0 Å². The van der Waals surface area contributed by atoms with E-state index >= 15 is 0 Å². The Morgan fingerprint density at radius 3 is 2.35 bits per heavy atom. The number of nitrogens with zero attached hydrogens (tertiary/aromatic N) is 3. The Kier molecular flexibility index (Phi) is 2.66. The van der Waals surface area contributed by atoms with Crippen molar-refractivity contribution < 1.29 is 19.8 Å². The summed E-state index contributed by atoms with van der Waals surface area (Å²) in [6.45, 7) is 3.90. The molecule has 2 aliphatic rings. The Bertz CT molecular complexity index is 556. The molecule has 1 aromatic heterocycles. The third-order valence-electron chi connectivity index (χ3n) is 4.62. The van der Waals surface area contributed by atoms with E-state index in [0.29, 0.717) is 19.6 Å². The zero-order chi connectivity index (χ0) is 14.5. The van der Waals surface area contributed by atoms with E-state index < -0.39 is 22.8 Å². The van der Waals surface area contributed by atoms with Crippen LogP contribution in [0, 0.1) is 10.8 Å². The molecule has 108 valence electrons. The molecule has 1 saturated heterocycles. The monoisotopic (exact) mass is 279 g/mol. The highest BCUT2D eigenvalue weighted by Crippen LogP contribution is 2.68. The number of rotatable bonds is 5. The lowest BCUT2D eigenvalue weighted by molar-refractivity contribution is -0.151. The summed E-state index contributed by atoms with van der Waals surface area (Å²) in [7, 11) is 0. The molecule has 2 N–H and O–H groups in total. The molecule has 0 radical (unpaired) electrons. The zero-order valence-corrected chi connectivity index (χ0v) is 11.2. The average Bonchev–Trinajstić information content (AvgIpc) is 2.72. The van der Waals surface area contributed by atoms with Crippen LogP contribution in [0.25, 0.3) is 0 Å². The van der Waals surface area contributed by atoms with E-state index in [1.54, 1.807) is 10.9 Å². The number of hydrogen-bond acceptors (Lipinski definition) is 4. The molecule has 0 amide bonds. The lowest BCUT2D eigenvalue weighted by Gasteiger charge is -2.18. The van der Waals surface area contributed by atoms with Gasteiger partial charge in [0.05, 0.1) is 17.0 Å². The predicted molar refractivity (Wildman–Crippen MR) is 67.9 cm³/mol. The largest absolute Gasteiger partial charge is 0.481 e. The van der Waals surface area contributed by atoms with Gasteiger partial charge in [0.1, 0.15) is 0 Å². The van der Waals surface area contributed by atoms with E-state index in [0.717, 1.165) is 12.1 Å². The molecule has 1 aromatic rings. The first kappa shape index (κ1) is 13.1. The smallest absolute Gasteiger partial charge is 0.312 e. The number of likely N-dealkylation sites (tertiary alicyclic amines) is 1. The van der Waals surface area contributed by atoms with Gasteiger partial charge in [-0.15, -0.1) is 0 Å². The third kappa shape index (κ3) is 1.59. The SMILES string of the molecule is CCn1cc(CN2C[C@@]3(C(=O)O)C[C@@]3(C(=O)O)C2)cn1. The van der Waals surface area contributed by atoms with Crippen molar-refractivity contribution in [1.82, 2.24) is 14.7 Å². The topological polar surface area (TPSA) is 95.7 Å². The maximum absolute atomic E-state index is 11.4. The minimum absolute atomic E-state index is 0.245. The molecule has 0 spiro atoms. The maximum atomic E-state index is 11.4. The number of fused-ring (bicyclic) bond motifs is 1. The van der Waals surface area contributed by atoms with E-state index in [1.165, 1.54) is 0 Å². The highest BCUT2D eigenvalue weighted by molar-refractivity contribution is 5.94. The van der Waals surface area contributed by atoms with Gasteiger partial charge in [-0.05, 0) is 13.3 Å². The Labute approximate surface area is 115 Å². The number of piperidine rings is 1. The van der Waals surface area contributed by atoms with Gasteiger partial charge in [0.25, 0.3) is 0 Å².